The molecule has 21 nitrogen and oxygen atoms in total. The second-order valence-corrected chi connectivity index (χ2v) is 13.0. The first-order valence-corrected chi connectivity index (χ1v) is 16.5. The maximum Gasteiger partial charge on any atom is 0.475 e. The molecular formula is C28H38N5O16P. The van der Waals surface area contributed by atoms with Crippen molar-refractivity contribution in [2.45, 2.75) is 80.5 Å². The van der Waals surface area contributed by atoms with Gasteiger partial charge in [0.15, 0.2) is 6.23 Å². The number of nitrogens with two attached hydrogens (primary N) is 1. The largest absolute Gasteiger partial charge is 0.477 e. The number of phosphoric ester groups is 1. The molecule has 276 valence electrons. The van der Waals surface area contributed by atoms with E-state index in [4.69, 9.17) is 24.3 Å². The summed E-state index contributed by atoms with van der Waals surface area (Å²) in [6, 6.07) is 8.12. The summed E-state index contributed by atoms with van der Waals surface area (Å²) in [6.07, 6.45) is -14.8. The lowest BCUT2D eigenvalue weighted by Gasteiger charge is -2.46. The number of anilines is 1. The van der Waals surface area contributed by atoms with E-state index < -0.39 is 112 Å². The molecule has 0 saturated carbocycles. The maximum atomic E-state index is 13.1. The number of rotatable bonds is 14. The molecule has 1 aromatic carbocycles. The Morgan fingerprint density at radius 2 is 1.84 bits per heavy atom. The van der Waals surface area contributed by atoms with E-state index in [9.17, 15) is 59.3 Å². The van der Waals surface area contributed by atoms with E-state index >= 15 is 0 Å². The Morgan fingerprint density at radius 3 is 2.46 bits per heavy atom. The van der Waals surface area contributed by atoms with Crippen molar-refractivity contribution in [3.63, 3.8) is 0 Å². The summed E-state index contributed by atoms with van der Waals surface area (Å²) >= 11 is 0. The van der Waals surface area contributed by atoms with Crippen LogP contribution in [0.15, 0.2) is 47.4 Å². The molecule has 1 unspecified atom stereocenters. The SMILES string of the molecule is CC(=O)N[C@H]1[C@H]([C@H](O)[C@H](O)CNC(=O)Cc2ccccc2)O[C@](OP(=O)(O)OC[C@H]2O[C@@H](n3ccc(N)nc3=O)[C@H](O)[C@@H]2O)(C(=O)O)C[C@@H]1O. The fourth-order valence-corrected chi connectivity index (χ4v) is 6.35. The number of aliphatic hydroxyl groups excluding tert-OH is 5. The highest BCUT2D eigenvalue weighted by Crippen LogP contribution is 2.51. The molecule has 2 fully saturated rings. The van der Waals surface area contributed by atoms with Crippen LogP contribution in [0.1, 0.15) is 25.1 Å². The Bertz CT molecular complexity index is 1630. The van der Waals surface area contributed by atoms with Gasteiger partial charge in [-0.05, 0) is 11.6 Å². The van der Waals surface area contributed by atoms with Crippen LogP contribution in [0.5, 0.6) is 0 Å². The number of carbonyl (C=O) groups is 3. The number of phosphoric acid groups is 1. The fraction of sp³-hybridized carbons (Fsp3) is 0.536. The highest BCUT2D eigenvalue weighted by atomic mass is 31.2. The fourth-order valence-electron chi connectivity index (χ4n) is 5.39. The minimum Gasteiger partial charge on any atom is -0.477 e. The Kier molecular flexibility index (Phi) is 12.5. The smallest absolute Gasteiger partial charge is 0.475 e. The molecule has 0 aliphatic carbocycles. The van der Waals surface area contributed by atoms with E-state index in [2.05, 4.69) is 15.6 Å². The molecule has 22 heteroatoms. The molecule has 2 saturated heterocycles. The number of aliphatic hydroxyl groups is 5. The lowest BCUT2D eigenvalue weighted by atomic mass is 9.88. The Balaban J connectivity index is 1.47. The van der Waals surface area contributed by atoms with E-state index in [1.165, 1.54) is 6.07 Å². The third kappa shape index (κ3) is 9.27. The van der Waals surface area contributed by atoms with Gasteiger partial charge in [-0.1, -0.05) is 30.3 Å². The number of aliphatic carboxylic acids is 1. The zero-order valence-electron chi connectivity index (χ0n) is 26.3. The second-order valence-electron chi connectivity index (χ2n) is 11.6. The first-order chi connectivity index (χ1) is 23.4. The quantitative estimate of drug-likeness (QED) is 0.0830. The Morgan fingerprint density at radius 1 is 1.16 bits per heavy atom. The number of hydrogen-bond acceptors (Lipinski definition) is 16. The van der Waals surface area contributed by atoms with Crippen LogP contribution in [-0.4, -0.2) is 131 Å². The normalized spacial score (nSPS) is 30.5. The van der Waals surface area contributed by atoms with Gasteiger partial charge < -0.3 is 61.4 Å². The number of nitrogen functional groups attached to an aromatic ring is 1. The van der Waals surface area contributed by atoms with Crippen LogP contribution in [-0.2, 0) is 43.9 Å². The minimum absolute atomic E-state index is 0.0851. The molecule has 2 aromatic rings. The van der Waals surface area contributed by atoms with Crippen molar-refractivity contribution in [3.8, 4) is 0 Å². The number of carboxylic acid groups (broad SMARTS) is 1. The highest BCUT2D eigenvalue weighted by Gasteiger charge is 2.59. The predicted octanol–water partition coefficient (Wildman–Crippen LogP) is -3.91. The van der Waals surface area contributed by atoms with Crippen molar-refractivity contribution >= 4 is 31.4 Å². The van der Waals surface area contributed by atoms with Crippen LogP contribution in [0.3, 0.4) is 0 Å². The number of hydrogen-bond donors (Lipinski definition) is 10. The summed E-state index contributed by atoms with van der Waals surface area (Å²) in [4.78, 5) is 63.0. The summed E-state index contributed by atoms with van der Waals surface area (Å²) in [5.41, 5.74) is 5.13. The average molecular weight is 732 g/mol. The van der Waals surface area contributed by atoms with E-state index in [1.54, 1.807) is 30.3 Å². The molecule has 0 radical (unpaired) electrons. The van der Waals surface area contributed by atoms with Gasteiger partial charge in [0.25, 0.3) is 5.79 Å². The maximum absolute atomic E-state index is 13.1. The van der Waals surface area contributed by atoms with E-state index in [0.29, 0.717) is 5.56 Å². The van der Waals surface area contributed by atoms with Crippen molar-refractivity contribution in [3.05, 3.63) is 58.6 Å². The van der Waals surface area contributed by atoms with Crippen LogP contribution in [0, 0.1) is 0 Å². The van der Waals surface area contributed by atoms with Gasteiger partial charge in [0.05, 0.1) is 31.3 Å². The monoisotopic (exact) mass is 731 g/mol. The Hall–Kier alpha value is -3.86. The number of amides is 2. The number of ether oxygens (including phenoxy) is 2. The van der Waals surface area contributed by atoms with Crippen molar-refractivity contribution in [2.75, 3.05) is 18.9 Å². The van der Waals surface area contributed by atoms with Crippen LogP contribution in [0.4, 0.5) is 5.82 Å². The summed E-state index contributed by atoms with van der Waals surface area (Å²) in [5, 5.41) is 68.2. The third-order valence-electron chi connectivity index (χ3n) is 7.84. The van der Waals surface area contributed by atoms with Gasteiger partial charge in [0.1, 0.15) is 36.3 Å². The van der Waals surface area contributed by atoms with Gasteiger partial charge in [-0.3, -0.25) is 18.7 Å². The van der Waals surface area contributed by atoms with Crippen molar-refractivity contribution < 1.29 is 73.0 Å². The Labute approximate surface area is 282 Å². The molecule has 2 aliphatic heterocycles. The number of aromatic nitrogens is 2. The molecule has 2 amide bonds. The lowest BCUT2D eigenvalue weighted by Crippen LogP contribution is -2.68. The molecule has 4 rings (SSSR count). The predicted molar refractivity (Wildman–Crippen MR) is 164 cm³/mol. The van der Waals surface area contributed by atoms with Gasteiger partial charge in [-0.25, -0.2) is 18.7 Å². The first-order valence-electron chi connectivity index (χ1n) is 15.0. The topological polar surface area (TPSA) is 332 Å². The summed E-state index contributed by atoms with van der Waals surface area (Å²) < 4.78 is 34.4. The zero-order chi connectivity index (χ0) is 37.0. The van der Waals surface area contributed by atoms with Crippen molar-refractivity contribution in [1.82, 2.24) is 20.2 Å². The number of nitrogens with zero attached hydrogens (tertiary/aromatic N) is 2. The highest BCUT2D eigenvalue weighted by molar-refractivity contribution is 7.47. The van der Waals surface area contributed by atoms with Crippen LogP contribution >= 0.6 is 7.82 Å². The molecule has 2 aliphatic rings. The number of carboxylic acids is 1. The lowest BCUT2D eigenvalue weighted by molar-refractivity contribution is -0.288. The summed E-state index contributed by atoms with van der Waals surface area (Å²) in [6.45, 7) is -0.601. The number of nitrogens with one attached hydrogen (secondary N) is 2. The standard InChI is InChI=1S/C28H38N5O16P/c1-13(34)31-20-15(35)10-28(26(41)42,48-24(20)21(38)16(36)11-30-19(37)9-14-5-3-2-4-6-14)49-50(44,45)46-12-17-22(39)23(40)25(47-17)33-8-7-18(29)32-27(33)43/h2-8,15-17,20-25,35-36,38-40H,9-12H2,1H3,(H,30,37)(H,31,34)(H,41,42)(H,44,45)(H2,29,32,43)/t15-,16+,17+,20+,21+,22+,23+,24+,25+,28+/m0/s1. The summed E-state index contributed by atoms with van der Waals surface area (Å²) in [5.74, 6) is -6.81. The van der Waals surface area contributed by atoms with Crippen molar-refractivity contribution in [1.29, 1.82) is 0 Å². The molecule has 11 atom stereocenters. The molecule has 50 heavy (non-hydrogen) atoms. The molecular weight excluding hydrogens is 693 g/mol. The molecule has 0 bridgehead atoms. The number of benzene rings is 1. The molecule has 3 heterocycles. The van der Waals surface area contributed by atoms with E-state index in [0.717, 1.165) is 17.7 Å². The van der Waals surface area contributed by atoms with Gasteiger partial charge in [-0.15, -0.1) is 0 Å². The van der Waals surface area contributed by atoms with Crippen molar-refractivity contribution in [2.24, 2.45) is 0 Å². The van der Waals surface area contributed by atoms with Gasteiger partial charge >= 0.3 is 19.5 Å². The molecule has 1 aromatic heterocycles. The van der Waals surface area contributed by atoms with Gasteiger partial charge in [0.2, 0.25) is 11.8 Å². The minimum atomic E-state index is -5.58. The van der Waals surface area contributed by atoms with E-state index in [-0.39, 0.29) is 12.2 Å². The molecule has 11 N–H and O–H groups in total. The second kappa shape index (κ2) is 16.0. The molecule has 0 spiro atoms. The zero-order valence-corrected chi connectivity index (χ0v) is 27.2. The average Bonchev–Trinajstić information content (AvgIpc) is 3.32. The first kappa shape index (κ1) is 38.9. The summed E-state index contributed by atoms with van der Waals surface area (Å²) in [7, 11) is -5.58. The van der Waals surface area contributed by atoms with Gasteiger partial charge in [0, 0.05) is 26.1 Å². The van der Waals surface area contributed by atoms with Crippen LogP contribution < -0.4 is 22.1 Å². The van der Waals surface area contributed by atoms with Crippen LogP contribution in [0.25, 0.3) is 0 Å². The third-order valence-corrected chi connectivity index (χ3v) is 8.84. The van der Waals surface area contributed by atoms with Gasteiger partial charge in [-0.2, -0.15) is 4.98 Å². The van der Waals surface area contributed by atoms with E-state index in [1.807, 2.05) is 0 Å². The number of carbonyl (C=O) groups excluding carboxylic acids is 2. The van der Waals surface area contributed by atoms with Crippen LogP contribution in [0.2, 0.25) is 0 Å².